The summed E-state index contributed by atoms with van der Waals surface area (Å²) < 4.78 is 0. The fraction of sp³-hybridized carbons (Fsp3) is 0.778. The van der Waals surface area contributed by atoms with Crippen molar-refractivity contribution in [1.29, 1.82) is 0 Å². The van der Waals surface area contributed by atoms with Crippen molar-refractivity contribution in [2.75, 3.05) is 19.6 Å². The Kier molecular flexibility index (Phi) is 5.17. The number of hydrogen-bond donors (Lipinski definition) is 1. The van der Waals surface area contributed by atoms with Gasteiger partial charge in [0, 0.05) is 42.0 Å². The Bertz CT molecular complexity index is 431. The summed E-state index contributed by atoms with van der Waals surface area (Å²) in [5.41, 5.74) is 0.561. The molecule has 0 aliphatic carbocycles. The van der Waals surface area contributed by atoms with Gasteiger partial charge in [0.25, 0.3) is 0 Å². The van der Waals surface area contributed by atoms with E-state index >= 15 is 0 Å². The van der Waals surface area contributed by atoms with Crippen molar-refractivity contribution >= 4 is 11.3 Å². The first kappa shape index (κ1) is 17.0. The van der Waals surface area contributed by atoms with Crippen molar-refractivity contribution in [3.8, 4) is 0 Å². The van der Waals surface area contributed by atoms with Gasteiger partial charge >= 0.3 is 0 Å². The highest BCUT2D eigenvalue weighted by atomic mass is 32.1. The number of thiophene rings is 1. The second kappa shape index (κ2) is 6.39. The van der Waals surface area contributed by atoms with Gasteiger partial charge in [0.15, 0.2) is 0 Å². The maximum atomic E-state index is 3.77. The van der Waals surface area contributed by atoms with E-state index in [1.165, 1.54) is 11.3 Å². The minimum absolute atomic E-state index is 0.237. The van der Waals surface area contributed by atoms with E-state index in [1.807, 2.05) is 11.3 Å². The Morgan fingerprint density at radius 1 is 1.29 bits per heavy atom. The molecule has 1 aliphatic heterocycles. The van der Waals surface area contributed by atoms with Crippen molar-refractivity contribution in [2.24, 2.45) is 5.41 Å². The van der Waals surface area contributed by atoms with Crippen LogP contribution >= 0.6 is 11.3 Å². The zero-order valence-electron chi connectivity index (χ0n) is 14.6. The van der Waals surface area contributed by atoms with Crippen LogP contribution in [0.5, 0.6) is 0 Å². The molecule has 120 valence electrons. The maximum absolute atomic E-state index is 3.77. The van der Waals surface area contributed by atoms with Crippen LogP contribution in [0.3, 0.4) is 0 Å². The largest absolute Gasteiger partial charge is 0.311 e. The molecule has 0 radical (unpaired) electrons. The fourth-order valence-corrected chi connectivity index (χ4v) is 4.13. The molecule has 2 rings (SSSR count). The minimum atomic E-state index is 0.237. The third kappa shape index (κ3) is 4.08. The summed E-state index contributed by atoms with van der Waals surface area (Å²) in [4.78, 5) is 4.23. The van der Waals surface area contributed by atoms with Crippen molar-refractivity contribution in [2.45, 2.75) is 65.5 Å². The molecule has 0 spiro atoms. The Hall–Kier alpha value is -0.380. The lowest BCUT2D eigenvalue weighted by Gasteiger charge is -2.47. The maximum Gasteiger partial charge on any atom is 0.0244 e. The van der Waals surface area contributed by atoms with Gasteiger partial charge in [-0.1, -0.05) is 47.6 Å². The Labute approximate surface area is 134 Å². The van der Waals surface area contributed by atoms with Crippen LogP contribution in [0.2, 0.25) is 0 Å². The first-order valence-electron chi connectivity index (χ1n) is 8.25. The Morgan fingerprint density at radius 2 is 2.00 bits per heavy atom. The van der Waals surface area contributed by atoms with Crippen molar-refractivity contribution < 1.29 is 0 Å². The van der Waals surface area contributed by atoms with Gasteiger partial charge in [-0.05, 0) is 23.3 Å². The zero-order chi connectivity index (χ0) is 15.7. The standard InChI is InChI=1S/C18H32N2S/c1-7-14-11-19-15(17(2,3)4)12-20(14)13-18(5,6)16-9-8-10-21-16/h8-10,14-15,19H,7,11-13H2,1-6H3. The van der Waals surface area contributed by atoms with Crippen LogP contribution in [0.15, 0.2) is 17.5 Å². The second-order valence-corrected chi connectivity index (χ2v) is 9.13. The van der Waals surface area contributed by atoms with Gasteiger partial charge in [0.2, 0.25) is 0 Å². The van der Waals surface area contributed by atoms with Crippen LogP contribution in [0.4, 0.5) is 0 Å². The van der Waals surface area contributed by atoms with Gasteiger partial charge in [-0.3, -0.25) is 4.90 Å². The van der Waals surface area contributed by atoms with Crippen molar-refractivity contribution in [3.05, 3.63) is 22.4 Å². The van der Waals surface area contributed by atoms with Gasteiger partial charge in [0.1, 0.15) is 0 Å². The first-order chi connectivity index (χ1) is 9.74. The normalized spacial score (nSPS) is 25.2. The van der Waals surface area contributed by atoms with Crippen LogP contribution in [0.1, 0.15) is 52.8 Å². The molecule has 1 aromatic heterocycles. The summed E-state index contributed by atoms with van der Waals surface area (Å²) in [5.74, 6) is 0. The molecule has 21 heavy (non-hydrogen) atoms. The number of nitrogens with zero attached hydrogens (tertiary/aromatic N) is 1. The molecule has 2 atom stereocenters. The molecule has 0 aromatic carbocycles. The van der Waals surface area contributed by atoms with Gasteiger partial charge in [0.05, 0.1) is 0 Å². The molecule has 1 aromatic rings. The average molecular weight is 309 g/mol. The quantitative estimate of drug-likeness (QED) is 0.900. The van der Waals surface area contributed by atoms with Gasteiger partial charge in [-0.25, -0.2) is 0 Å². The van der Waals surface area contributed by atoms with Crippen molar-refractivity contribution in [1.82, 2.24) is 10.2 Å². The molecule has 2 nitrogen and oxygen atoms in total. The lowest BCUT2D eigenvalue weighted by atomic mass is 9.83. The molecule has 2 heterocycles. The number of rotatable bonds is 4. The minimum Gasteiger partial charge on any atom is -0.311 e. The molecule has 0 amide bonds. The number of piperazine rings is 1. The van der Waals surface area contributed by atoms with E-state index in [-0.39, 0.29) is 5.41 Å². The fourth-order valence-electron chi connectivity index (χ4n) is 3.28. The Morgan fingerprint density at radius 3 is 2.52 bits per heavy atom. The first-order valence-corrected chi connectivity index (χ1v) is 9.13. The van der Waals surface area contributed by atoms with Crippen LogP contribution in [0, 0.1) is 5.41 Å². The Balaban J connectivity index is 2.11. The average Bonchev–Trinajstić information content (AvgIpc) is 2.91. The molecule has 1 N–H and O–H groups in total. The lowest BCUT2D eigenvalue weighted by molar-refractivity contribution is 0.0682. The summed E-state index contributed by atoms with van der Waals surface area (Å²) in [6.45, 7) is 17.6. The summed E-state index contributed by atoms with van der Waals surface area (Å²) in [6, 6.07) is 5.71. The number of nitrogens with one attached hydrogen (secondary N) is 1. The molecule has 3 heteroatoms. The summed E-state index contributed by atoms with van der Waals surface area (Å²) in [5, 5.41) is 5.97. The molecule has 1 aliphatic rings. The van der Waals surface area contributed by atoms with Crippen LogP contribution < -0.4 is 5.32 Å². The van der Waals surface area contributed by atoms with E-state index in [0.29, 0.717) is 17.5 Å². The topological polar surface area (TPSA) is 15.3 Å². The summed E-state index contributed by atoms with van der Waals surface area (Å²) in [6.07, 6.45) is 1.23. The molecule has 0 bridgehead atoms. The van der Waals surface area contributed by atoms with Gasteiger partial charge in [-0.15, -0.1) is 11.3 Å². The van der Waals surface area contributed by atoms with Crippen molar-refractivity contribution in [3.63, 3.8) is 0 Å². The predicted molar refractivity (Wildman–Crippen MR) is 94.2 cm³/mol. The van der Waals surface area contributed by atoms with Gasteiger partial charge in [-0.2, -0.15) is 0 Å². The molecule has 1 fully saturated rings. The van der Waals surface area contributed by atoms with E-state index in [0.717, 1.165) is 19.6 Å². The SMILES string of the molecule is CCC1CNC(C(C)(C)C)CN1CC(C)(C)c1cccs1. The van der Waals surface area contributed by atoms with Crippen LogP contribution in [-0.4, -0.2) is 36.6 Å². The van der Waals surface area contributed by atoms with Crippen LogP contribution in [0.25, 0.3) is 0 Å². The number of hydrogen-bond acceptors (Lipinski definition) is 3. The monoisotopic (exact) mass is 308 g/mol. The molecular weight excluding hydrogens is 276 g/mol. The lowest BCUT2D eigenvalue weighted by Crippen LogP contribution is -2.61. The van der Waals surface area contributed by atoms with E-state index in [4.69, 9.17) is 0 Å². The van der Waals surface area contributed by atoms with E-state index in [9.17, 15) is 0 Å². The highest BCUT2D eigenvalue weighted by molar-refractivity contribution is 7.10. The second-order valence-electron chi connectivity index (χ2n) is 8.18. The van der Waals surface area contributed by atoms with Crippen LogP contribution in [-0.2, 0) is 5.41 Å². The molecular formula is C18H32N2S. The molecule has 2 unspecified atom stereocenters. The summed E-state index contributed by atoms with van der Waals surface area (Å²) >= 11 is 1.89. The summed E-state index contributed by atoms with van der Waals surface area (Å²) in [7, 11) is 0. The third-order valence-corrected chi connectivity index (χ3v) is 6.07. The van der Waals surface area contributed by atoms with E-state index in [2.05, 4.69) is 69.3 Å². The molecule has 0 saturated carbocycles. The highest BCUT2D eigenvalue weighted by Crippen LogP contribution is 2.31. The third-order valence-electron chi connectivity index (χ3n) is 4.84. The smallest absolute Gasteiger partial charge is 0.0244 e. The van der Waals surface area contributed by atoms with Gasteiger partial charge < -0.3 is 5.32 Å². The predicted octanol–water partition coefficient (Wildman–Crippen LogP) is 4.12. The zero-order valence-corrected chi connectivity index (χ0v) is 15.4. The van der Waals surface area contributed by atoms with E-state index < -0.39 is 0 Å². The van der Waals surface area contributed by atoms with E-state index in [1.54, 1.807) is 0 Å². The molecule has 1 saturated heterocycles. The highest BCUT2D eigenvalue weighted by Gasteiger charge is 2.36.